The first-order chi connectivity index (χ1) is 10.9. The van der Waals surface area contributed by atoms with E-state index in [2.05, 4.69) is 15.0 Å². The van der Waals surface area contributed by atoms with Gasteiger partial charge in [-0.15, -0.1) is 0 Å². The van der Waals surface area contributed by atoms with Crippen LogP contribution in [0.2, 0.25) is 5.02 Å². The van der Waals surface area contributed by atoms with Crippen molar-refractivity contribution >= 4 is 38.8 Å². The summed E-state index contributed by atoms with van der Waals surface area (Å²) in [5, 5.41) is 3.91. The van der Waals surface area contributed by atoms with Gasteiger partial charge in [-0.1, -0.05) is 24.9 Å². The molecule has 0 aliphatic rings. The maximum atomic E-state index is 11.8. The first kappa shape index (κ1) is 17.6. The highest BCUT2D eigenvalue weighted by atomic mass is 35.5. The monoisotopic (exact) mass is 353 g/mol. The molecule has 2 rings (SSSR count). The van der Waals surface area contributed by atoms with Crippen LogP contribution in [-0.2, 0) is 10.0 Å². The van der Waals surface area contributed by atoms with E-state index in [1.54, 1.807) is 24.4 Å². The van der Waals surface area contributed by atoms with E-state index in [4.69, 9.17) is 11.6 Å². The lowest BCUT2D eigenvalue weighted by Gasteiger charge is -2.11. The van der Waals surface area contributed by atoms with E-state index in [1.165, 1.54) is 0 Å². The van der Waals surface area contributed by atoms with Crippen LogP contribution in [0.25, 0.3) is 0 Å². The van der Waals surface area contributed by atoms with Crippen molar-refractivity contribution < 1.29 is 8.42 Å². The van der Waals surface area contributed by atoms with Gasteiger partial charge in [0, 0.05) is 10.7 Å². The summed E-state index contributed by atoms with van der Waals surface area (Å²) in [6, 6.07) is 8.98. The maximum absolute atomic E-state index is 11.8. The summed E-state index contributed by atoms with van der Waals surface area (Å²) in [7, 11) is -3.33. The molecule has 1 aromatic carbocycles. The number of aromatic nitrogens is 1. The topological polar surface area (TPSA) is 71.1 Å². The minimum absolute atomic E-state index is 0.106. The molecule has 0 aliphatic heterocycles. The van der Waals surface area contributed by atoms with Gasteiger partial charge in [-0.3, -0.25) is 4.72 Å². The number of nitrogens with one attached hydrogen (secondary N) is 2. The molecule has 0 unspecified atom stereocenters. The zero-order chi connectivity index (χ0) is 16.9. The molecule has 7 heteroatoms. The molecule has 2 aromatic rings. The minimum Gasteiger partial charge on any atom is -0.354 e. The van der Waals surface area contributed by atoms with Crippen LogP contribution >= 0.6 is 11.6 Å². The summed E-state index contributed by atoms with van der Waals surface area (Å²) in [4.78, 5) is 4.14. The zero-order valence-electron chi connectivity index (χ0n) is 13.1. The molecule has 0 spiro atoms. The van der Waals surface area contributed by atoms with Gasteiger partial charge in [-0.2, -0.15) is 0 Å². The Balaban J connectivity index is 2.05. The molecule has 5 nitrogen and oxygen atoms in total. The Bertz CT molecular complexity index is 761. The van der Waals surface area contributed by atoms with E-state index in [9.17, 15) is 8.42 Å². The Morgan fingerprint density at radius 2 is 2.00 bits per heavy atom. The van der Waals surface area contributed by atoms with Gasteiger partial charge in [0.15, 0.2) is 0 Å². The number of sulfonamides is 1. The number of rotatable bonds is 7. The number of pyridine rings is 1. The van der Waals surface area contributed by atoms with Crippen molar-refractivity contribution in [2.75, 3.05) is 15.8 Å². The second-order valence-electron chi connectivity index (χ2n) is 5.29. The second-order valence-corrected chi connectivity index (χ2v) is 7.57. The number of halogens is 1. The van der Waals surface area contributed by atoms with Crippen molar-refractivity contribution in [1.82, 2.24) is 4.98 Å². The number of benzene rings is 1. The quantitative estimate of drug-likeness (QED) is 0.777. The summed E-state index contributed by atoms with van der Waals surface area (Å²) >= 11 is 5.93. The van der Waals surface area contributed by atoms with Crippen LogP contribution in [0.5, 0.6) is 0 Å². The number of anilines is 3. The lowest BCUT2D eigenvalue weighted by atomic mass is 10.2. The number of hydrogen-bond acceptors (Lipinski definition) is 4. The standard InChI is InChI=1S/C16H20ClN3O2S/c1-3-4-9-23(21,22)20-16-8-6-14(11-18-16)19-15-7-5-13(17)10-12(15)2/h5-8,10-11,19H,3-4,9H2,1-2H3,(H,18,20). The molecule has 0 saturated carbocycles. The lowest BCUT2D eigenvalue weighted by Crippen LogP contribution is -2.17. The van der Waals surface area contributed by atoms with Gasteiger partial charge < -0.3 is 5.32 Å². The molecule has 0 fully saturated rings. The van der Waals surface area contributed by atoms with E-state index in [-0.39, 0.29) is 5.75 Å². The van der Waals surface area contributed by atoms with Crippen LogP contribution in [0, 0.1) is 6.92 Å². The number of nitrogens with zero attached hydrogens (tertiary/aromatic N) is 1. The zero-order valence-corrected chi connectivity index (χ0v) is 14.7. The Hall–Kier alpha value is -1.79. The highest BCUT2D eigenvalue weighted by Gasteiger charge is 2.10. The fraction of sp³-hybridized carbons (Fsp3) is 0.312. The third kappa shape index (κ3) is 5.41. The Kier molecular flexibility index (Phi) is 5.85. The van der Waals surface area contributed by atoms with Crippen molar-refractivity contribution in [3.8, 4) is 0 Å². The van der Waals surface area contributed by atoms with Gasteiger partial charge in [-0.25, -0.2) is 13.4 Å². The smallest absolute Gasteiger partial charge is 0.233 e. The van der Waals surface area contributed by atoms with Gasteiger partial charge in [0.25, 0.3) is 0 Å². The average Bonchev–Trinajstić information content (AvgIpc) is 2.50. The van der Waals surface area contributed by atoms with Gasteiger partial charge in [0.05, 0.1) is 17.6 Å². The molecular weight excluding hydrogens is 334 g/mol. The first-order valence-electron chi connectivity index (χ1n) is 7.39. The molecule has 0 radical (unpaired) electrons. The predicted molar refractivity (Wildman–Crippen MR) is 96.0 cm³/mol. The average molecular weight is 354 g/mol. The van der Waals surface area contributed by atoms with Crippen molar-refractivity contribution in [2.45, 2.75) is 26.7 Å². The van der Waals surface area contributed by atoms with Gasteiger partial charge >= 0.3 is 0 Å². The Morgan fingerprint density at radius 3 is 2.61 bits per heavy atom. The van der Waals surface area contributed by atoms with Crippen LogP contribution in [0.3, 0.4) is 0 Å². The van der Waals surface area contributed by atoms with E-state index in [0.29, 0.717) is 17.3 Å². The maximum Gasteiger partial charge on any atom is 0.233 e. The summed E-state index contributed by atoms with van der Waals surface area (Å²) in [5.74, 6) is 0.425. The normalized spacial score (nSPS) is 11.3. The highest BCUT2D eigenvalue weighted by Crippen LogP contribution is 2.23. The third-order valence-electron chi connectivity index (χ3n) is 3.26. The van der Waals surface area contributed by atoms with E-state index in [1.807, 2.05) is 26.0 Å². The molecule has 0 aliphatic carbocycles. The second kappa shape index (κ2) is 7.66. The first-order valence-corrected chi connectivity index (χ1v) is 9.42. The molecular formula is C16H20ClN3O2S. The fourth-order valence-electron chi connectivity index (χ4n) is 2.00. The summed E-state index contributed by atoms with van der Waals surface area (Å²) in [6.45, 7) is 3.91. The molecule has 1 aromatic heterocycles. The van der Waals surface area contributed by atoms with Gasteiger partial charge in [-0.05, 0) is 49.2 Å². The van der Waals surface area contributed by atoms with Crippen molar-refractivity contribution in [3.05, 3.63) is 47.1 Å². The van der Waals surface area contributed by atoms with Gasteiger partial charge in [0.1, 0.15) is 5.82 Å². The number of unbranched alkanes of at least 4 members (excludes halogenated alkanes) is 1. The summed E-state index contributed by atoms with van der Waals surface area (Å²) in [5.41, 5.74) is 2.71. The SMILES string of the molecule is CCCCS(=O)(=O)Nc1ccc(Nc2ccc(Cl)cc2C)cn1. The third-order valence-corrected chi connectivity index (χ3v) is 4.84. The number of hydrogen-bond donors (Lipinski definition) is 2. The molecule has 23 heavy (non-hydrogen) atoms. The molecule has 2 N–H and O–H groups in total. The van der Waals surface area contributed by atoms with Crippen LogP contribution in [-0.4, -0.2) is 19.2 Å². The van der Waals surface area contributed by atoms with Crippen LogP contribution in [0.4, 0.5) is 17.2 Å². The predicted octanol–water partition coefficient (Wildman–Crippen LogP) is 4.33. The molecule has 0 atom stereocenters. The van der Waals surface area contributed by atoms with Crippen LogP contribution in [0.15, 0.2) is 36.5 Å². The van der Waals surface area contributed by atoms with E-state index in [0.717, 1.165) is 23.4 Å². The van der Waals surface area contributed by atoms with E-state index >= 15 is 0 Å². The van der Waals surface area contributed by atoms with E-state index < -0.39 is 10.0 Å². The Labute approximate surface area is 142 Å². The van der Waals surface area contributed by atoms with Crippen LogP contribution < -0.4 is 10.0 Å². The summed E-state index contributed by atoms with van der Waals surface area (Å²) in [6.07, 6.45) is 3.05. The molecule has 1 heterocycles. The molecule has 0 bridgehead atoms. The minimum atomic E-state index is -3.33. The van der Waals surface area contributed by atoms with Gasteiger partial charge in [0.2, 0.25) is 10.0 Å². The molecule has 0 saturated heterocycles. The molecule has 124 valence electrons. The van der Waals surface area contributed by atoms with Crippen molar-refractivity contribution in [1.29, 1.82) is 0 Å². The largest absolute Gasteiger partial charge is 0.354 e. The summed E-state index contributed by atoms with van der Waals surface area (Å²) < 4.78 is 26.1. The molecule has 0 amide bonds. The number of aryl methyl sites for hydroxylation is 1. The van der Waals surface area contributed by atoms with Crippen molar-refractivity contribution in [2.24, 2.45) is 0 Å². The van der Waals surface area contributed by atoms with Crippen molar-refractivity contribution in [3.63, 3.8) is 0 Å². The van der Waals surface area contributed by atoms with Crippen LogP contribution in [0.1, 0.15) is 25.3 Å². The Morgan fingerprint density at radius 1 is 1.22 bits per heavy atom. The highest BCUT2D eigenvalue weighted by molar-refractivity contribution is 7.92. The lowest BCUT2D eigenvalue weighted by molar-refractivity contribution is 0.597. The fourth-order valence-corrected chi connectivity index (χ4v) is 3.43.